The van der Waals surface area contributed by atoms with E-state index in [1.165, 1.54) is 0 Å². The van der Waals surface area contributed by atoms with E-state index >= 15 is 0 Å². The molecule has 5 nitrogen and oxygen atoms in total. The van der Waals surface area contributed by atoms with E-state index in [1.807, 2.05) is 0 Å². The summed E-state index contributed by atoms with van der Waals surface area (Å²) in [4.78, 5) is 24.3. The summed E-state index contributed by atoms with van der Waals surface area (Å²) in [6.07, 6.45) is 0.592. The van der Waals surface area contributed by atoms with Crippen LogP contribution in [0, 0.1) is 5.41 Å². The van der Waals surface area contributed by atoms with Crippen molar-refractivity contribution >= 4 is 17.5 Å². The van der Waals surface area contributed by atoms with E-state index in [1.54, 1.807) is 24.3 Å². The fourth-order valence-corrected chi connectivity index (χ4v) is 3.61. The molecule has 0 bridgehead atoms. The minimum absolute atomic E-state index is 0.153. The first-order valence-electron chi connectivity index (χ1n) is 9.06. The molecular formula is C19H26F3N3O2. The van der Waals surface area contributed by atoms with Gasteiger partial charge in [0, 0.05) is 25.7 Å². The van der Waals surface area contributed by atoms with Crippen molar-refractivity contribution in [2.75, 3.05) is 18.9 Å². The van der Waals surface area contributed by atoms with Crippen molar-refractivity contribution in [3.8, 4) is 0 Å². The number of nitrogens with one attached hydrogen (secondary N) is 1. The standard InChI is InChI=1S/C19H26F3N3O2/c1-25(17(27)19(20,21)22)12-14-6-5-7-15(10-14)24-16(26)11-18(13-23)8-3-2-4-9-18/h5-7,10H,2-4,8-9,11-13,23H2,1H3,(H,24,26). The third kappa shape index (κ3) is 5.95. The van der Waals surface area contributed by atoms with Gasteiger partial charge in [0.2, 0.25) is 5.91 Å². The molecule has 3 N–H and O–H groups in total. The smallest absolute Gasteiger partial charge is 0.334 e. The zero-order valence-corrected chi connectivity index (χ0v) is 15.4. The molecule has 0 atom stereocenters. The number of carbonyl (C=O) groups is 2. The van der Waals surface area contributed by atoms with Crippen LogP contribution in [0.25, 0.3) is 0 Å². The van der Waals surface area contributed by atoms with Crippen molar-refractivity contribution < 1.29 is 22.8 Å². The number of nitrogens with two attached hydrogens (primary N) is 1. The molecule has 1 aliphatic rings. The monoisotopic (exact) mass is 385 g/mol. The molecule has 0 aliphatic heterocycles. The topological polar surface area (TPSA) is 75.4 Å². The van der Waals surface area contributed by atoms with Gasteiger partial charge in [-0.15, -0.1) is 0 Å². The molecule has 0 aromatic heterocycles. The van der Waals surface area contributed by atoms with Crippen molar-refractivity contribution in [3.63, 3.8) is 0 Å². The lowest BCUT2D eigenvalue weighted by Crippen LogP contribution is -2.38. The molecule has 0 saturated heterocycles. The van der Waals surface area contributed by atoms with Crippen molar-refractivity contribution in [2.45, 2.75) is 51.2 Å². The molecular weight excluding hydrogens is 359 g/mol. The molecule has 1 aromatic rings. The van der Waals surface area contributed by atoms with E-state index < -0.39 is 12.1 Å². The lowest BCUT2D eigenvalue weighted by atomic mass is 9.71. The van der Waals surface area contributed by atoms with Crippen molar-refractivity contribution in [1.29, 1.82) is 0 Å². The number of amides is 2. The highest BCUT2D eigenvalue weighted by molar-refractivity contribution is 5.91. The van der Waals surface area contributed by atoms with Gasteiger partial charge < -0.3 is 16.0 Å². The number of hydrogen-bond donors (Lipinski definition) is 2. The third-order valence-electron chi connectivity index (χ3n) is 5.10. The Hall–Kier alpha value is -2.09. The normalized spacial score (nSPS) is 16.6. The molecule has 1 aromatic carbocycles. The number of benzene rings is 1. The first-order chi connectivity index (χ1) is 12.6. The number of alkyl halides is 3. The predicted molar refractivity (Wildman–Crippen MR) is 96.8 cm³/mol. The van der Waals surface area contributed by atoms with Gasteiger partial charge in [-0.2, -0.15) is 13.2 Å². The molecule has 0 unspecified atom stereocenters. The van der Waals surface area contributed by atoms with Gasteiger partial charge in [0.25, 0.3) is 0 Å². The summed E-state index contributed by atoms with van der Waals surface area (Å²) in [7, 11) is 1.09. The van der Waals surface area contributed by atoms with Crippen LogP contribution < -0.4 is 11.1 Å². The zero-order chi connectivity index (χ0) is 20.1. The summed E-state index contributed by atoms with van der Waals surface area (Å²) in [5.74, 6) is -2.06. The molecule has 2 amide bonds. The number of carbonyl (C=O) groups excluding carboxylic acids is 2. The van der Waals surface area contributed by atoms with Gasteiger partial charge >= 0.3 is 12.1 Å². The zero-order valence-electron chi connectivity index (χ0n) is 15.4. The number of rotatable bonds is 6. The molecule has 150 valence electrons. The van der Waals surface area contributed by atoms with Crippen LogP contribution in [0.3, 0.4) is 0 Å². The van der Waals surface area contributed by atoms with Crippen molar-refractivity contribution in [3.05, 3.63) is 29.8 Å². The Morgan fingerprint density at radius 3 is 2.48 bits per heavy atom. The molecule has 1 aliphatic carbocycles. The Balaban J connectivity index is 1.98. The van der Waals surface area contributed by atoms with E-state index in [-0.39, 0.29) is 17.9 Å². The van der Waals surface area contributed by atoms with Crippen molar-refractivity contribution in [1.82, 2.24) is 4.90 Å². The number of hydrogen-bond acceptors (Lipinski definition) is 3. The van der Waals surface area contributed by atoms with E-state index in [9.17, 15) is 22.8 Å². The quantitative estimate of drug-likeness (QED) is 0.788. The second-order valence-electron chi connectivity index (χ2n) is 7.35. The molecule has 1 fully saturated rings. The van der Waals surface area contributed by atoms with Gasteiger partial charge in [-0.25, -0.2) is 0 Å². The molecule has 0 heterocycles. The first-order valence-corrected chi connectivity index (χ1v) is 9.06. The second-order valence-corrected chi connectivity index (χ2v) is 7.35. The van der Waals surface area contributed by atoms with Gasteiger partial charge in [0.1, 0.15) is 0 Å². The molecule has 2 rings (SSSR count). The Morgan fingerprint density at radius 2 is 1.89 bits per heavy atom. The van der Waals surface area contributed by atoms with Gasteiger partial charge in [0.05, 0.1) is 0 Å². The van der Waals surface area contributed by atoms with Gasteiger partial charge in [-0.05, 0) is 42.5 Å². The highest BCUT2D eigenvalue weighted by Crippen LogP contribution is 2.38. The summed E-state index contributed by atoms with van der Waals surface area (Å²) < 4.78 is 37.5. The summed E-state index contributed by atoms with van der Waals surface area (Å²) in [6, 6.07) is 6.49. The molecule has 8 heteroatoms. The summed E-state index contributed by atoms with van der Waals surface area (Å²) in [6.45, 7) is 0.263. The van der Waals surface area contributed by atoms with Crippen LogP contribution >= 0.6 is 0 Å². The predicted octanol–water partition coefficient (Wildman–Crippen LogP) is 3.45. The summed E-state index contributed by atoms with van der Waals surface area (Å²) >= 11 is 0. The largest absolute Gasteiger partial charge is 0.471 e. The van der Waals surface area contributed by atoms with Crippen LogP contribution in [0.5, 0.6) is 0 Å². The highest BCUT2D eigenvalue weighted by Gasteiger charge is 2.41. The maximum Gasteiger partial charge on any atom is 0.471 e. The average molecular weight is 385 g/mol. The van der Waals surface area contributed by atoms with Crippen LogP contribution in [0.4, 0.5) is 18.9 Å². The minimum atomic E-state index is -4.91. The van der Waals surface area contributed by atoms with Gasteiger partial charge in [-0.3, -0.25) is 9.59 Å². The Morgan fingerprint density at radius 1 is 1.22 bits per heavy atom. The van der Waals surface area contributed by atoms with E-state index in [0.29, 0.717) is 29.1 Å². The Bertz CT molecular complexity index is 670. The average Bonchev–Trinajstić information content (AvgIpc) is 2.61. The fourth-order valence-electron chi connectivity index (χ4n) is 3.61. The second kappa shape index (κ2) is 8.73. The number of nitrogens with zero attached hydrogens (tertiary/aromatic N) is 1. The van der Waals surface area contributed by atoms with Gasteiger partial charge in [-0.1, -0.05) is 31.4 Å². The van der Waals surface area contributed by atoms with Gasteiger partial charge in [0.15, 0.2) is 0 Å². The first kappa shape index (κ1) is 21.2. The van der Waals surface area contributed by atoms with E-state index in [4.69, 9.17) is 5.73 Å². The number of anilines is 1. The van der Waals surface area contributed by atoms with Crippen LogP contribution in [-0.2, 0) is 16.1 Å². The Labute approximate surface area is 157 Å². The molecule has 0 radical (unpaired) electrons. The lowest BCUT2D eigenvalue weighted by molar-refractivity contribution is -0.184. The van der Waals surface area contributed by atoms with Crippen molar-refractivity contribution in [2.24, 2.45) is 11.1 Å². The van der Waals surface area contributed by atoms with E-state index in [2.05, 4.69) is 5.32 Å². The molecule has 0 spiro atoms. The SMILES string of the molecule is CN(Cc1cccc(NC(=O)CC2(CN)CCCCC2)c1)C(=O)C(F)(F)F. The van der Waals surface area contributed by atoms with Crippen LogP contribution in [0.15, 0.2) is 24.3 Å². The summed E-state index contributed by atoms with van der Waals surface area (Å²) in [5.41, 5.74) is 6.74. The van der Waals surface area contributed by atoms with E-state index in [0.717, 1.165) is 39.2 Å². The maximum absolute atomic E-state index is 12.5. The van der Waals surface area contributed by atoms with Crippen LogP contribution in [0.2, 0.25) is 0 Å². The van der Waals surface area contributed by atoms with Crippen LogP contribution in [0.1, 0.15) is 44.1 Å². The highest BCUT2D eigenvalue weighted by atomic mass is 19.4. The fraction of sp³-hybridized carbons (Fsp3) is 0.579. The molecule has 27 heavy (non-hydrogen) atoms. The van der Waals surface area contributed by atoms with Crippen LogP contribution in [-0.4, -0.2) is 36.5 Å². The summed E-state index contributed by atoms with van der Waals surface area (Å²) in [5, 5.41) is 2.80. The third-order valence-corrected chi connectivity index (χ3v) is 5.10. The molecule has 1 saturated carbocycles. The maximum atomic E-state index is 12.5. The minimum Gasteiger partial charge on any atom is -0.334 e. The lowest BCUT2D eigenvalue weighted by Gasteiger charge is -2.35. The Kier molecular flexibility index (Phi) is 6.86. The number of halogens is 3.